The van der Waals surface area contributed by atoms with Gasteiger partial charge in [0.15, 0.2) is 11.0 Å². The Kier molecular flexibility index (Phi) is 11.0. The second-order valence-corrected chi connectivity index (χ2v) is 13.4. The number of hydrogen-bond donors (Lipinski definition) is 4. The van der Waals surface area contributed by atoms with E-state index in [2.05, 4.69) is 14.9 Å². The molecule has 6 N–H and O–H groups in total. The monoisotopic (exact) mass is 655 g/mol. The molecule has 1 aliphatic rings. The van der Waals surface area contributed by atoms with Gasteiger partial charge in [-0.15, -0.1) is 0 Å². The van der Waals surface area contributed by atoms with Crippen LogP contribution in [0.4, 0.5) is 8.78 Å². The van der Waals surface area contributed by atoms with Crippen LogP contribution in [-0.4, -0.2) is 55.7 Å². The summed E-state index contributed by atoms with van der Waals surface area (Å²) in [5.41, 5.74) is 14.7. The molecule has 0 aliphatic carbocycles. The van der Waals surface area contributed by atoms with Gasteiger partial charge in [0, 0.05) is 47.6 Å². The SMILES string of the molecule is C[C@H](N)CCCc1cc(Cl)c(F)c(-c2cc3cn(-c4ccc([C@@H]5CCC[C@@H](CCSC(=N)N)N5CCF)cc4)c(=O)nc3[nH]2)c1. The lowest BCUT2D eigenvalue weighted by molar-refractivity contribution is 0.0735. The number of thioether (sulfide) groups is 1. The predicted molar refractivity (Wildman–Crippen MR) is 181 cm³/mol. The van der Waals surface area contributed by atoms with Gasteiger partial charge in [-0.2, -0.15) is 4.98 Å². The first-order valence-corrected chi connectivity index (χ1v) is 16.8. The Bertz CT molecular complexity index is 1690. The summed E-state index contributed by atoms with van der Waals surface area (Å²) < 4.78 is 30.2. The molecule has 1 fully saturated rings. The molecule has 2 aromatic carbocycles. The first kappa shape index (κ1) is 33.1. The lowest BCUT2D eigenvalue weighted by atomic mass is 9.89. The number of nitrogens with two attached hydrogens (primary N) is 2. The molecule has 8 nitrogen and oxygen atoms in total. The Morgan fingerprint density at radius 3 is 2.73 bits per heavy atom. The molecule has 0 radical (unpaired) electrons. The molecular formula is C33H40ClF2N7OS. The highest BCUT2D eigenvalue weighted by Gasteiger charge is 2.31. The van der Waals surface area contributed by atoms with Crippen molar-refractivity contribution in [3.8, 4) is 16.9 Å². The van der Waals surface area contributed by atoms with Crippen LogP contribution in [0.15, 0.2) is 53.5 Å². The first-order chi connectivity index (χ1) is 21.6. The van der Waals surface area contributed by atoms with Gasteiger partial charge in [0.1, 0.15) is 12.3 Å². The fourth-order valence-electron chi connectivity index (χ4n) is 6.34. The summed E-state index contributed by atoms with van der Waals surface area (Å²) in [7, 11) is 0. The third-order valence-corrected chi connectivity index (χ3v) is 9.53. The molecule has 5 rings (SSSR count). The van der Waals surface area contributed by atoms with Gasteiger partial charge in [0.05, 0.1) is 16.4 Å². The zero-order valence-corrected chi connectivity index (χ0v) is 26.9. The normalized spacial score (nSPS) is 18.0. The Morgan fingerprint density at radius 2 is 2.02 bits per heavy atom. The first-order valence-electron chi connectivity index (χ1n) is 15.4. The Balaban J connectivity index is 1.38. The van der Waals surface area contributed by atoms with E-state index < -0.39 is 18.2 Å². The maximum absolute atomic E-state index is 15.2. The van der Waals surface area contributed by atoms with Crippen molar-refractivity contribution in [1.29, 1.82) is 5.41 Å². The molecule has 0 spiro atoms. The largest absolute Gasteiger partial charge is 0.379 e. The molecular weight excluding hydrogens is 616 g/mol. The van der Waals surface area contributed by atoms with E-state index in [1.54, 1.807) is 24.4 Å². The number of aromatic nitrogens is 3. The summed E-state index contributed by atoms with van der Waals surface area (Å²) >= 11 is 7.58. The standard InChI is InChI=1S/C33H40ClF2N7OS/c1-20(37)4-2-5-21-16-26(30(36)27(34)17-21)28-18-23-19-43(33(44)41-31(23)40-28)25-10-8-22(9-11-25)29-7-3-6-24(42(29)14-13-35)12-15-45-32(38)39/h8-11,16-20,24,29H,2-7,12-15,37H2,1H3,(H3,38,39)(H,40,41,44)/t20-,24-,29-/m0/s1. The van der Waals surface area contributed by atoms with Crippen molar-refractivity contribution in [2.45, 2.75) is 70.0 Å². The molecule has 45 heavy (non-hydrogen) atoms. The second-order valence-electron chi connectivity index (χ2n) is 11.8. The summed E-state index contributed by atoms with van der Waals surface area (Å²) in [6, 6.07) is 13.3. The van der Waals surface area contributed by atoms with E-state index in [1.807, 2.05) is 31.2 Å². The highest BCUT2D eigenvalue weighted by atomic mass is 35.5. The average Bonchev–Trinajstić information content (AvgIpc) is 3.41. The van der Waals surface area contributed by atoms with Crippen LogP contribution in [0.5, 0.6) is 0 Å². The fourth-order valence-corrected chi connectivity index (χ4v) is 7.19. The molecule has 4 aromatic rings. The van der Waals surface area contributed by atoms with Gasteiger partial charge < -0.3 is 16.5 Å². The van der Waals surface area contributed by atoms with Crippen LogP contribution in [0.2, 0.25) is 5.02 Å². The van der Waals surface area contributed by atoms with Gasteiger partial charge in [-0.3, -0.25) is 14.9 Å². The van der Waals surface area contributed by atoms with Crippen molar-refractivity contribution in [1.82, 2.24) is 19.4 Å². The predicted octanol–water partition coefficient (Wildman–Crippen LogP) is 6.73. The molecule has 3 heterocycles. The number of aryl methyl sites for hydroxylation is 1. The lowest BCUT2D eigenvalue weighted by Crippen LogP contribution is -2.43. The number of alkyl halides is 1. The van der Waals surface area contributed by atoms with E-state index in [4.69, 9.17) is 28.5 Å². The summed E-state index contributed by atoms with van der Waals surface area (Å²) in [6.07, 6.45) is 7.91. The van der Waals surface area contributed by atoms with Gasteiger partial charge >= 0.3 is 5.69 Å². The maximum atomic E-state index is 15.2. The molecule has 2 aromatic heterocycles. The van der Waals surface area contributed by atoms with E-state index in [0.717, 1.165) is 61.8 Å². The Labute approximate surface area is 271 Å². The third-order valence-electron chi connectivity index (χ3n) is 8.50. The van der Waals surface area contributed by atoms with Crippen molar-refractivity contribution in [2.24, 2.45) is 11.5 Å². The van der Waals surface area contributed by atoms with E-state index in [1.165, 1.54) is 16.3 Å². The number of H-pyrrole nitrogens is 1. The summed E-state index contributed by atoms with van der Waals surface area (Å²) in [5.74, 6) is 0.196. The van der Waals surface area contributed by atoms with Gasteiger partial charge in [-0.1, -0.05) is 35.5 Å². The minimum Gasteiger partial charge on any atom is -0.379 e. The highest BCUT2D eigenvalue weighted by molar-refractivity contribution is 8.13. The minimum atomic E-state index is -0.533. The number of rotatable bonds is 12. The van der Waals surface area contributed by atoms with Crippen molar-refractivity contribution in [3.05, 3.63) is 81.1 Å². The molecule has 0 unspecified atom stereocenters. The molecule has 240 valence electrons. The number of amidine groups is 1. The summed E-state index contributed by atoms with van der Waals surface area (Å²) in [6.45, 7) is 1.87. The summed E-state index contributed by atoms with van der Waals surface area (Å²) in [4.78, 5) is 22.7. The van der Waals surface area contributed by atoms with E-state index in [0.29, 0.717) is 34.5 Å². The number of piperidine rings is 1. The fraction of sp³-hybridized carbons (Fsp3) is 0.424. The lowest BCUT2D eigenvalue weighted by Gasteiger charge is -2.42. The average molecular weight is 656 g/mol. The number of nitrogens with zero attached hydrogens (tertiary/aromatic N) is 3. The van der Waals surface area contributed by atoms with Crippen LogP contribution in [-0.2, 0) is 6.42 Å². The van der Waals surface area contributed by atoms with Gasteiger partial charge in [0.2, 0.25) is 0 Å². The van der Waals surface area contributed by atoms with Crippen molar-refractivity contribution >= 4 is 39.6 Å². The smallest absolute Gasteiger partial charge is 0.354 e. The van der Waals surface area contributed by atoms with Gasteiger partial charge in [-0.05, 0) is 93.3 Å². The van der Waals surface area contributed by atoms with Gasteiger partial charge in [-0.25, -0.2) is 13.6 Å². The number of halogens is 3. The maximum Gasteiger partial charge on any atom is 0.354 e. The van der Waals surface area contributed by atoms with E-state index in [9.17, 15) is 9.18 Å². The number of aromatic amines is 1. The minimum absolute atomic E-state index is 0.0406. The van der Waals surface area contributed by atoms with Crippen LogP contribution >= 0.6 is 23.4 Å². The van der Waals surface area contributed by atoms with Crippen LogP contribution in [0.25, 0.3) is 28.0 Å². The second kappa shape index (κ2) is 14.9. The molecule has 0 amide bonds. The molecule has 3 atom stereocenters. The van der Waals surface area contributed by atoms with Crippen molar-refractivity contribution in [3.63, 3.8) is 0 Å². The van der Waals surface area contributed by atoms with Crippen molar-refractivity contribution in [2.75, 3.05) is 19.0 Å². The van der Waals surface area contributed by atoms with Crippen LogP contribution in [0.1, 0.15) is 62.6 Å². The number of hydrogen-bond acceptors (Lipinski definition) is 6. The number of likely N-dealkylation sites (tertiary alicyclic amines) is 1. The Hall–Kier alpha value is -3.25. The van der Waals surface area contributed by atoms with E-state index >= 15 is 4.39 Å². The zero-order valence-electron chi connectivity index (χ0n) is 25.4. The zero-order chi connectivity index (χ0) is 32.1. The Morgan fingerprint density at radius 1 is 1.24 bits per heavy atom. The molecule has 0 saturated carbocycles. The number of fused-ring (bicyclic) bond motifs is 1. The topological polar surface area (TPSA) is 130 Å². The number of nitrogens with one attached hydrogen (secondary N) is 2. The molecule has 12 heteroatoms. The van der Waals surface area contributed by atoms with Gasteiger partial charge in [0.25, 0.3) is 0 Å². The van der Waals surface area contributed by atoms with Crippen LogP contribution < -0.4 is 17.2 Å². The number of benzene rings is 2. The molecule has 1 aliphatic heterocycles. The van der Waals surface area contributed by atoms with Crippen LogP contribution in [0.3, 0.4) is 0 Å². The van der Waals surface area contributed by atoms with Crippen molar-refractivity contribution < 1.29 is 8.78 Å². The molecule has 1 saturated heterocycles. The van der Waals surface area contributed by atoms with Crippen LogP contribution in [0, 0.1) is 11.2 Å². The highest BCUT2D eigenvalue weighted by Crippen LogP contribution is 2.36. The summed E-state index contributed by atoms with van der Waals surface area (Å²) in [5, 5.41) is 8.27. The molecule has 0 bridgehead atoms. The third kappa shape index (κ3) is 7.95. The quantitative estimate of drug-likeness (QED) is 0.0990. The van der Waals surface area contributed by atoms with E-state index in [-0.39, 0.29) is 28.3 Å².